The highest BCUT2D eigenvalue weighted by Crippen LogP contribution is 2.29. The number of amides is 2. The van der Waals surface area contributed by atoms with Gasteiger partial charge in [0.2, 0.25) is 0 Å². The average molecular weight is 314 g/mol. The monoisotopic (exact) mass is 314 g/mol. The Labute approximate surface area is 133 Å². The zero-order chi connectivity index (χ0) is 16.4. The van der Waals surface area contributed by atoms with Gasteiger partial charge in [-0.1, -0.05) is 30.3 Å². The molecular formula is C16H18N4O3. The van der Waals surface area contributed by atoms with E-state index in [2.05, 4.69) is 15.7 Å². The summed E-state index contributed by atoms with van der Waals surface area (Å²) in [5.74, 6) is -1.15. The molecule has 7 heteroatoms. The molecule has 1 aromatic heterocycles. The molecule has 2 aromatic rings. The summed E-state index contributed by atoms with van der Waals surface area (Å²) in [5, 5.41) is 18.6. The third kappa shape index (κ3) is 3.18. The van der Waals surface area contributed by atoms with Crippen LogP contribution in [0.1, 0.15) is 12.8 Å². The van der Waals surface area contributed by atoms with Gasteiger partial charge in [-0.2, -0.15) is 5.10 Å². The second kappa shape index (κ2) is 6.12. The van der Waals surface area contributed by atoms with Gasteiger partial charge in [0.25, 0.3) is 0 Å². The van der Waals surface area contributed by atoms with Crippen molar-refractivity contribution >= 4 is 17.7 Å². The standard InChI is InChI=1S/C16H18N4O3/c1-20-14(10-5-3-2-4-6-10)13(9-17-20)19-16(23)18-12-7-11(8-12)15(21)22/h2-6,9,11-12H,7-8H2,1H3,(H,21,22)(H2,18,19,23). The summed E-state index contributed by atoms with van der Waals surface area (Å²) in [6.07, 6.45) is 2.55. The highest BCUT2D eigenvalue weighted by Gasteiger charge is 2.35. The third-order valence-electron chi connectivity index (χ3n) is 4.06. The van der Waals surface area contributed by atoms with Gasteiger partial charge in [-0.25, -0.2) is 4.79 Å². The highest BCUT2D eigenvalue weighted by atomic mass is 16.4. The minimum Gasteiger partial charge on any atom is -0.481 e. The van der Waals surface area contributed by atoms with Crippen LogP contribution in [0.15, 0.2) is 36.5 Å². The molecule has 0 unspecified atom stereocenters. The van der Waals surface area contributed by atoms with Crippen molar-refractivity contribution < 1.29 is 14.7 Å². The second-order valence-electron chi connectivity index (χ2n) is 5.70. The van der Waals surface area contributed by atoms with Crippen LogP contribution in [0.25, 0.3) is 11.3 Å². The topological polar surface area (TPSA) is 96.3 Å². The molecular weight excluding hydrogens is 296 g/mol. The maximum atomic E-state index is 12.1. The third-order valence-corrected chi connectivity index (χ3v) is 4.06. The number of carboxylic acid groups (broad SMARTS) is 1. The second-order valence-corrected chi connectivity index (χ2v) is 5.70. The molecule has 23 heavy (non-hydrogen) atoms. The summed E-state index contributed by atoms with van der Waals surface area (Å²) >= 11 is 0. The van der Waals surface area contributed by atoms with Crippen LogP contribution in [0.3, 0.4) is 0 Å². The van der Waals surface area contributed by atoms with Gasteiger partial charge in [0.05, 0.1) is 23.5 Å². The van der Waals surface area contributed by atoms with Gasteiger partial charge in [0.1, 0.15) is 0 Å². The number of nitrogens with one attached hydrogen (secondary N) is 2. The van der Waals surface area contributed by atoms with E-state index in [9.17, 15) is 9.59 Å². The van der Waals surface area contributed by atoms with Crippen LogP contribution in [-0.4, -0.2) is 32.9 Å². The maximum absolute atomic E-state index is 12.1. The lowest BCUT2D eigenvalue weighted by molar-refractivity contribution is -0.145. The summed E-state index contributed by atoms with van der Waals surface area (Å²) < 4.78 is 1.70. The van der Waals surface area contributed by atoms with Crippen LogP contribution in [0.2, 0.25) is 0 Å². The number of hydrogen-bond donors (Lipinski definition) is 3. The predicted octanol–water partition coefficient (Wildman–Crippen LogP) is 2.07. The van der Waals surface area contributed by atoms with Gasteiger partial charge >= 0.3 is 12.0 Å². The lowest BCUT2D eigenvalue weighted by atomic mass is 9.80. The molecule has 7 nitrogen and oxygen atoms in total. The summed E-state index contributed by atoms with van der Waals surface area (Å²) in [7, 11) is 1.81. The van der Waals surface area contributed by atoms with Crippen LogP contribution in [0.4, 0.5) is 10.5 Å². The molecule has 0 aliphatic heterocycles. The van der Waals surface area contributed by atoms with Crippen molar-refractivity contribution in [3.8, 4) is 11.3 Å². The van der Waals surface area contributed by atoms with Gasteiger partial charge in [-0.3, -0.25) is 9.48 Å². The fraction of sp³-hybridized carbons (Fsp3) is 0.312. The number of urea groups is 1. The molecule has 1 aliphatic carbocycles. The average Bonchev–Trinajstić information content (AvgIpc) is 2.83. The predicted molar refractivity (Wildman–Crippen MR) is 84.9 cm³/mol. The lowest BCUT2D eigenvalue weighted by Gasteiger charge is -2.32. The van der Waals surface area contributed by atoms with Gasteiger partial charge in [-0.15, -0.1) is 0 Å². The maximum Gasteiger partial charge on any atom is 0.319 e. The first-order valence-electron chi connectivity index (χ1n) is 7.42. The number of rotatable bonds is 4. The molecule has 1 aliphatic rings. The van der Waals surface area contributed by atoms with E-state index >= 15 is 0 Å². The van der Waals surface area contributed by atoms with Gasteiger partial charge in [0.15, 0.2) is 0 Å². The minimum atomic E-state index is -0.804. The Morgan fingerprint density at radius 1 is 1.26 bits per heavy atom. The normalized spacial score (nSPS) is 19.7. The summed E-state index contributed by atoms with van der Waals surface area (Å²) in [5.41, 5.74) is 2.39. The Balaban J connectivity index is 1.65. The van der Waals surface area contributed by atoms with E-state index < -0.39 is 5.97 Å². The lowest BCUT2D eigenvalue weighted by Crippen LogP contribution is -2.48. The number of benzene rings is 1. The van der Waals surface area contributed by atoms with Gasteiger partial charge in [0, 0.05) is 18.7 Å². The van der Waals surface area contributed by atoms with E-state index in [0.29, 0.717) is 18.5 Å². The number of aromatic nitrogens is 2. The summed E-state index contributed by atoms with van der Waals surface area (Å²) in [4.78, 5) is 22.8. The van der Waals surface area contributed by atoms with Crippen LogP contribution in [0, 0.1) is 5.92 Å². The first kappa shape index (κ1) is 15.1. The van der Waals surface area contributed by atoms with E-state index in [1.807, 2.05) is 37.4 Å². The Morgan fingerprint density at radius 3 is 2.61 bits per heavy atom. The number of aryl methyl sites for hydroxylation is 1. The number of anilines is 1. The van der Waals surface area contributed by atoms with Gasteiger partial charge < -0.3 is 15.7 Å². The number of aliphatic carboxylic acids is 1. The van der Waals surface area contributed by atoms with Crippen molar-refractivity contribution in [1.82, 2.24) is 15.1 Å². The number of carboxylic acids is 1. The first-order valence-corrected chi connectivity index (χ1v) is 7.42. The van der Waals surface area contributed by atoms with Crippen LogP contribution in [0.5, 0.6) is 0 Å². The number of nitrogens with zero attached hydrogens (tertiary/aromatic N) is 2. The van der Waals surface area contributed by atoms with E-state index in [1.165, 1.54) is 0 Å². The molecule has 0 atom stereocenters. The van der Waals surface area contributed by atoms with Crippen molar-refractivity contribution in [2.75, 3.05) is 5.32 Å². The summed E-state index contributed by atoms with van der Waals surface area (Å²) in [6.45, 7) is 0. The van der Waals surface area contributed by atoms with Crippen LogP contribution in [-0.2, 0) is 11.8 Å². The number of hydrogen-bond acceptors (Lipinski definition) is 3. The quantitative estimate of drug-likeness (QED) is 0.805. The molecule has 0 saturated heterocycles. The van der Waals surface area contributed by atoms with Crippen molar-refractivity contribution in [2.24, 2.45) is 13.0 Å². The first-order chi connectivity index (χ1) is 11.0. The van der Waals surface area contributed by atoms with Gasteiger partial charge in [-0.05, 0) is 12.8 Å². The molecule has 1 heterocycles. The molecule has 1 aromatic carbocycles. The SMILES string of the molecule is Cn1ncc(NC(=O)NC2CC(C(=O)O)C2)c1-c1ccccc1. The molecule has 0 radical (unpaired) electrons. The highest BCUT2D eigenvalue weighted by molar-refractivity contribution is 5.93. The molecule has 2 amide bonds. The molecule has 1 saturated carbocycles. The molecule has 3 rings (SSSR count). The van der Waals surface area contributed by atoms with E-state index in [0.717, 1.165) is 11.3 Å². The molecule has 0 spiro atoms. The van der Waals surface area contributed by atoms with E-state index in [4.69, 9.17) is 5.11 Å². The number of carbonyl (C=O) groups excluding carboxylic acids is 1. The zero-order valence-corrected chi connectivity index (χ0v) is 12.7. The Hall–Kier alpha value is -2.83. The molecule has 0 bridgehead atoms. The summed E-state index contributed by atoms with van der Waals surface area (Å²) in [6, 6.07) is 9.23. The molecule has 120 valence electrons. The van der Waals surface area contributed by atoms with Crippen LogP contribution < -0.4 is 10.6 Å². The smallest absolute Gasteiger partial charge is 0.319 e. The largest absolute Gasteiger partial charge is 0.481 e. The van der Waals surface area contributed by atoms with Crippen molar-refractivity contribution in [2.45, 2.75) is 18.9 Å². The zero-order valence-electron chi connectivity index (χ0n) is 12.7. The Morgan fingerprint density at radius 2 is 1.96 bits per heavy atom. The van der Waals surface area contributed by atoms with Crippen molar-refractivity contribution in [3.05, 3.63) is 36.5 Å². The molecule has 1 fully saturated rings. The van der Waals surface area contributed by atoms with E-state index in [1.54, 1.807) is 10.9 Å². The minimum absolute atomic E-state index is 0.0899. The number of carbonyl (C=O) groups is 2. The Bertz CT molecular complexity index is 720. The van der Waals surface area contributed by atoms with Crippen molar-refractivity contribution in [1.29, 1.82) is 0 Å². The van der Waals surface area contributed by atoms with E-state index in [-0.39, 0.29) is 18.0 Å². The Kier molecular flexibility index (Phi) is 4.01. The van der Waals surface area contributed by atoms with Crippen LogP contribution >= 0.6 is 0 Å². The fourth-order valence-corrected chi connectivity index (χ4v) is 2.75. The fourth-order valence-electron chi connectivity index (χ4n) is 2.75. The van der Waals surface area contributed by atoms with Crippen molar-refractivity contribution in [3.63, 3.8) is 0 Å². The molecule has 3 N–H and O–H groups in total.